The van der Waals surface area contributed by atoms with Gasteiger partial charge in [-0.3, -0.25) is 0 Å². The molecule has 0 radical (unpaired) electrons. The van der Waals surface area contributed by atoms with Gasteiger partial charge in [0, 0.05) is 29.5 Å². The van der Waals surface area contributed by atoms with Gasteiger partial charge in [0.15, 0.2) is 0 Å². The number of rotatable bonds is 7. The highest BCUT2D eigenvalue weighted by Crippen LogP contribution is 2.29. The summed E-state index contributed by atoms with van der Waals surface area (Å²) in [4.78, 5) is 0. The third kappa shape index (κ3) is 4.10. The maximum Gasteiger partial charge on any atom is 0.127 e. The second-order valence-corrected chi connectivity index (χ2v) is 5.26. The Hall–Kier alpha value is -0.870. The minimum Gasteiger partial charge on any atom is -0.497 e. The summed E-state index contributed by atoms with van der Waals surface area (Å²) in [6.07, 6.45) is 2.12. The third-order valence-corrected chi connectivity index (χ3v) is 3.69. The zero-order valence-corrected chi connectivity index (χ0v) is 12.6. The molecule has 3 nitrogen and oxygen atoms in total. The van der Waals surface area contributed by atoms with Gasteiger partial charge in [0.2, 0.25) is 0 Å². The van der Waals surface area contributed by atoms with Crippen molar-refractivity contribution < 1.29 is 9.47 Å². The zero-order valence-electron chi connectivity index (χ0n) is 11.8. The van der Waals surface area contributed by atoms with Crippen molar-refractivity contribution in [3.63, 3.8) is 0 Å². The number of methoxy groups -OCH3 is 2. The first-order chi connectivity index (χ1) is 8.62. The molecule has 0 unspecified atom stereocenters. The van der Waals surface area contributed by atoms with Crippen LogP contribution in [0.3, 0.4) is 0 Å². The van der Waals surface area contributed by atoms with E-state index < -0.39 is 0 Å². The molecule has 0 spiro atoms. The van der Waals surface area contributed by atoms with Crippen LogP contribution in [-0.4, -0.2) is 32.3 Å². The summed E-state index contributed by atoms with van der Waals surface area (Å²) in [6.45, 7) is 4.35. The van der Waals surface area contributed by atoms with Gasteiger partial charge in [-0.05, 0) is 26.2 Å². The average molecular weight is 269 g/mol. The van der Waals surface area contributed by atoms with Crippen molar-refractivity contribution in [1.82, 2.24) is 5.32 Å². The Morgan fingerprint density at radius 1 is 1.22 bits per heavy atom. The Bertz CT molecular complexity index is 371. The molecular formula is C14H23NO2S. The van der Waals surface area contributed by atoms with Gasteiger partial charge < -0.3 is 14.8 Å². The van der Waals surface area contributed by atoms with Crippen LogP contribution in [0.1, 0.15) is 25.5 Å². The van der Waals surface area contributed by atoms with Gasteiger partial charge in [-0.2, -0.15) is 11.8 Å². The Kier molecular flexibility index (Phi) is 6.36. The lowest BCUT2D eigenvalue weighted by molar-refractivity contribution is 0.384. The van der Waals surface area contributed by atoms with Crippen LogP contribution in [0.25, 0.3) is 0 Å². The molecule has 0 bridgehead atoms. The summed E-state index contributed by atoms with van der Waals surface area (Å²) >= 11 is 1.85. The maximum absolute atomic E-state index is 5.43. The molecule has 0 heterocycles. The molecule has 0 aliphatic heterocycles. The normalized spacial score (nSPS) is 14.1. The summed E-state index contributed by atoms with van der Waals surface area (Å²) in [6, 6.07) is 6.68. The predicted octanol–water partition coefficient (Wildman–Crippen LogP) is 3.11. The maximum atomic E-state index is 5.43. The van der Waals surface area contributed by atoms with Gasteiger partial charge in [-0.15, -0.1) is 0 Å². The fourth-order valence-corrected chi connectivity index (χ4v) is 2.59. The molecule has 0 saturated heterocycles. The highest BCUT2D eigenvalue weighted by Gasteiger charge is 2.14. The van der Waals surface area contributed by atoms with E-state index >= 15 is 0 Å². The number of hydrogen-bond donors (Lipinski definition) is 1. The highest BCUT2D eigenvalue weighted by atomic mass is 32.2. The monoisotopic (exact) mass is 269 g/mol. The quantitative estimate of drug-likeness (QED) is 0.824. The number of hydrogen-bond acceptors (Lipinski definition) is 4. The van der Waals surface area contributed by atoms with Crippen LogP contribution in [0.5, 0.6) is 11.5 Å². The molecule has 0 aromatic heterocycles. The number of ether oxygens (including phenoxy) is 2. The summed E-state index contributed by atoms with van der Waals surface area (Å²) < 4.78 is 10.6. The van der Waals surface area contributed by atoms with E-state index in [0.717, 1.165) is 22.8 Å². The van der Waals surface area contributed by atoms with Gasteiger partial charge in [0.25, 0.3) is 0 Å². The molecular weight excluding hydrogens is 246 g/mol. The summed E-state index contributed by atoms with van der Waals surface area (Å²) in [5, 5.41) is 3.57. The zero-order chi connectivity index (χ0) is 13.5. The van der Waals surface area contributed by atoms with E-state index in [1.54, 1.807) is 14.2 Å². The van der Waals surface area contributed by atoms with E-state index in [4.69, 9.17) is 9.47 Å². The molecule has 1 aromatic rings. The predicted molar refractivity (Wildman–Crippen MR) is 78.9 cm³/mol. The van der Waals surface area contributed by atoms with E-state index in [1.165, 1.54) is 0 Å². The first-order valence-electron chi connectivity index (χ1n) is 6.09. The lowest BCUT2D eigenvalue weighted by Gasteiger charge is -2.21. The number of thioether (sulfide) groups is 1. The van der Waals surface area contributed by atoms with Crippen molar-refractivity contribution in [3.05, 3.63) is 23.8 Å². The van der Waals surface area contributed by atoms with E-state index in [0.29, 0.717) is 6.04 Å². The number of nitrogens with one attached hydrogen (secondary N) is 1. The number of benzene rings is 1. The van der Waals surface area contributed by atoms with E-state index in [9.17, 15) is 0 Å². The Balaban J connectivity index is 2.81. The summed E-state index contributed by atoms with van der Waals surface area (Å²) in [7, 11) is 3.35. The molecule has 0 fully saturated rings. The Morgan fingerprint density at radius 2 is 1.94 bits per heavy atom. The second kappa shape index (κ2) is 7.54. The standard InChI is InChI=1S/C14H23NO2S/c1-10(9-18-5)15-11(2)13-7-6-12(16-3)8-14(13)17-4/h6-8,10-11,15H,9H2,1-5H3/t10-,11+/m0/s1. The van der Waals surface area contributed by atoms with Crippen LogP contribution < -0.4 is 14.8 Å². The van der Waals surface area contributed by atoms with Crippen LogP contribution in [-0.2, 0) is 0 Å². The first kappa shape index (κ1) is 15.2. The SMILES string of the molecule is COc1ccc([C@@H](C)N[C@@H](C)CSC)c(OC)c1. The molecule has 102 valence electrons. The van der Waals surface area contributed by atoms with E-state index in [1.807, 2.05) is 23.9 Å². The van der Waals surface area contributed by atoms with Crippen LogP contribution in [0.4, 0.5) is 0 Å². The average Bonchev–Trinajstić information content (AvgIpc) is 2.38. The molecule has 0 amide bonds. The molecule has 2 atom stereocenters. The van der Waals surface area contributed by atoms with Crippen molar-refractivity contribution in [2.45, 2.75) is 25.9 Å². The molecule has 0 aliphatic carbocycles. The fraction of sp³-hybridized carbons (Fsp3) is 0.571. The fourth-order valence-electron chi connectivity index (χ4n) is 1.99. The van der Waals surface area contributed by atoms with E-state index in [-0.39, 0.29) is 6.04 Å². The van der Waals surface area contributed by atoms with Crippen LogP contribution in [0, 0.1) is 0 Å². The molecule has 18 heavy (non-hydrogen) atoms. The third-order valence-electron chi connectivity index (χ3n) is 2.86. The van der Waals surface area contributed by atoms with Crippen LogP contribution in [0.2, 0.25) is 0 Å². The summed E-state index contributed by atoms with van der Waals surface area (Å²) in [5.74, 6) is 2.79. The molecule has 1 aromatic carbocycles. The van der Waals surface area contributed by atoms with Crippen molar-refractivity contribution >= 4 is 11.8 Å². The first-order valence-corrected chi connectivity index (χ1v) is 7.48. The minimum atomic E-state index is 0.257. The van der Waals surface area contributed by atoms with Crippen molar-refractivity contribution in [2.24, 2.45) is 0 Å². The van der Waals surface area contributed by atoms with Crippen molar-refractivity contribution in [3.8, 4) is 11.5 Å². The smallest absolute Gasteiger partial charge is 0.127 e. The second-order valence-electron chi connectivity index (χ2n) is 4.35. The molecule has 1 N–H and O–H groups in total. The van der Waals surface area contributed by atoms with Crippen molar-refractivity contribution in [2.75, 3.05) is 26.2 Å². The summed E-state index contributed by atoms with van der Waals surface area (Å²) in [5.41, 5.74) is 1.16. The largest absolute Gasteiger partial charge is 0.497 e. The van der Waals surface area contributed by atoms with Crippen molar-refractivity contribution in [1.29, 1.82) is 0 Å². The topological polar surface area (TPSA) is 30.5 Å². The molecule has 4 heteroatoms. The van der Waals surface area contributed by atoms with Gasteiger partial charge in [-0.1, -0.05) is 6.07 Å². The van der Waals surface area contributed by atoms with Gasteiger partial charge in [0.05, 0.1) is 14.2 Å². The van der Waals surface area contributed by atoms with Crippen LogP contribution >= 0.6 is 11.8 Å². The lowest BCUT2D eigenvalue weighted by atomic mass is 10.1. The molecule has 1 rings (SSSR count). The minimum absolute atomic E-state index is 0.257. The van der Waals surface area contributed by atoms with E-state index in [2.05, 4.69) is 31.5 Å². The Labute approximate surface area is 114 Å². The van der Waals surface area contributed by atoms with Gasteiger partial charge >= 0.3 is 0 Å². The highest BCUT2D eigenvalue weighted by molar-refractivity contribution is 7.98. The van der Waals surface area contributed by atoms with Crippen LogP contribution in [0.15, 0.2) is 18.2 Å². The lowest BCUT2D eigenvalue weighted by Crippen LogP contribution is -2.31. The molecule has 0 saturated carbocycles. The molecule has 0 aliphatic rings. The van der Waals surface area contributed by atoms with Gasteiger partial charge in [-0.25, -0.2) is 0 Å². The Morgan fingerprint density at radius 3 is 2.50 bits per heavy atom. The van der Waals surface area contributed by atoms with Gasteiger partial charge in [0.1, 0.15) is 11.5 Å².